The topological polar surface area (TPSA) is 72.9 Å². The zero-order valence-electron chi connectivity index (χ0n) is 12.1. The number of rotatable bonds is 4. The Balaban J connectivity index is 2.03. The Labute approximate surface area is 114 Å². The predicted octanol–water partition coefficient (Wildman–Crippen LogP) is 1.96. The van der Waals surface area contributed by atoms with Gasteiger partial charge in [0.15, 0.2) is 0 Å². The molecular weight excluding hydrogens is 240 g/mol. The molecular formula is C14H24N4O. The third-order valence-electron chi connectivity index (χ3n) is 4.25. The van der Waals surface area contributed by atoms with Gasteiger partial charge in [-0.05, 0) is 32.1 Å². The molecule has 1 amide bonds. The number of carbonyl (C=O) groups is 1. The Morgan fingerprint density at radius 1 is 1.53 bits per heavy atom. The van der Waals surface area contributed by atoms with Crippen LogP contribution in [0.5, 0.6) is 0 Å². The van der Waals surface area contributed by atoms with Gasteiger partial charge >= 0.3 is 0 Å². The number of hydrogen-bond acceptors (Lipinski definition) is 3. The highest BCUT2D eigenvalue weighted by Gasteiger charge is 2.25. The van der Waals surface area contributed by atoms with E-state index in [0.717, 1.165) is 12.2 Å². The van der Waals surface area contributed by atoms with Crippen LogP contribution < -0.4 is 11.1 Å². The molecule has 2 unspecified atom stereocenters. The lowest BCUT2D eigenvalue weighted by atomic mass is 9.98. The summed E-state index contributed by atoms with van der Waals surface area (Å²) in [6.45, 7) is 7.45. The van der Waals surface area contributed by atoms with Crippen LogP contribution in [0, 0.1) is 18.8 Å². The van der Waals surface area contributed by atoms with Crippen LogP contribution in [-0.4, -0.2) is 22.2 Å². The van der Waals surface area contributed by atoms with Gasteiger partial charge in [0.05, 0.1) is 11.4 Å². The lowest BCUT2D eigenvalue weighted by Crippen LogP contribution is -2.32. The highest BCUT2D eigenvalue weighted by Crippen LogP contribution is 2.30. The van der Waals surface area contributed by atoms with E-state index < -0.39 is 0 Å². The number of nitrogens with one attached hydrogen (secondary N) is 1. The van der Waals surface area contributed by atoms with Crippen molar-refractivity contribution in [3.63, 3.8) is 0 Å². The Morgan fingerprint density at radius 3 is 2.84 bits per heavy atom. The van der Waals surface area contributed by atoms with E-state index in [0.29, 0.717) is 29.8 Å². The smallest absolute Gasteiger partial charge is 0.271 e. The number of aryl methyl sites for hydroxylation is 2. The molecule has 1 aliphatic rings. The first-order valence-electron chi connectivity index (χ1n) is 7.15. The van der Waals surface area contributed by atoms with Crippen LogP contribution in [0.1, 0.15) is 49.3 Å². The number of amides is 1. The molecule has 0 aliphatic heterocycles. The summed E-state index contributed by atoms with van der Waals surface area (Å²) in [6, 6.07) is 0. The molecule has 0 radical (unpaired) electrons. The van der Waals surface area contributed by atoms with Crippen LogP contribution >= 0.6 is 0 Å². The van der Waals surface area contributed by atoms with Crippen LogP contribution in [0.3, 0.4) is 0 Å². The molecule has 3 N–H and O–H groups in total. The van der Waals surface area contributed by atoms with Crippen molar-refractivity contribution in [2.75, 3.05) is 12.3 Å². The molecule has 1 aromatic rings. The number of carbonyl (C=O) groups excluding carboxylic acids is 1. The van der Waals surface area contributed by atoms with Crippen LogP contribution in [0.2, 0.25) is 0 Å². The number of nitrogens with two attached hydrogens (primary N) is 1. The SMILES string of the molecule is CCn1nc(C)c(N)c1C(=O)NCC1CCCC1C. The summed E-state index contributed by atoms with van der Waals surface area (Å²) < 4.78 is 1.68. The van der Waals surface area contributed by atoms with Crippen LogP contribution in [0.4, 0.5) is 5.69 Å². The summed E-state index contributed by atoms with van der Waals surface area (Å²) in [4.78, 5) is 12.3. The number of nitrogens with zero attached hydrogens (tertiary/aromatic N) is 2. The summed E-state index contributed by atoms with van der Waals surface area (Å²) in [5.74, 6) is 1.21. The Kier molecular flexibility index (Phi) is 4.12. The second-order valence-electron chi connectivity index (χ2n) is 5.54. The van der Waals surface area contributed by atoms with Crippen molar-refractivity contribution in [2.24, 2.45) is 11.8 Å². The van der Waals surface area contributed by atoms with Crippen molar-refractivity contribution in [2.45, 2.75) is 46.6 Å². The molecule has 0 spiro atoms. The van der Waals surface area contributed by atoms with Crippen LogP contribution in [0.15, 0.2) is 0 Å². The highest BCUT2D eigenvalue weighted by atomic mass is 16.2. The average molecular weight is 264 g/mol. The fraction of sp³-hybridized carbons (Fsp3) is 0.714. The Hall–Kier alpha value is -1.52. The summed E-state index contributed by atoms with van der Waals surface area (Å²) in [5, 5.41) is 7.30. The minimum atomic E-state index is -0.0981. The van der Waals surface area contributed by atoms with E-state index in [1.54, 1.807) is 4.68 Å². The van der Waals surface area contributed by atoms with Crippen LogP contribution in [-0.2, 0) is 6.54 Å². The third kappa shape index (κ3) is 2.74. The van der Waals surface area contributed by atoms with E-state index in [1.165, 1.54) is 19.3 Å². The predicted molar refractivity (Wildman–Crippen MR) is 75.9 cm³/mol. The minimum Gasteiger partial charge on any atom is -0.395 e. The van der Waals surface area contributed by atoms with E-state index >= 15 is 0 Å². The van der Waals surface area contributed by atoms with Gasteiger partial charge in [-0.25, -0.2) is 0 Å². The van der Waals surface area contributed by atoms with Crippen molar-refractivity contribution in [3.05, 3.63) is 11.4 Å². The maximum Gasteiger partial charge on any atom is 0.271 e. The molecule has 0 aromatic carbocycles. The molecule has 5 nitrogen and oxygen atoms in total. The van der Waals surface area contributed by atoms with Gasteiger partial charge < -0.3 is 11.1 Å². The normalized spacial score (nSPS) is 22.7. The van der Waals surface area contributed by atoms with E-state index in [2.05, 4.69) is 17.3 Å². The molecule has 1 aromatic heterocycles. The van der Waals surface area contributed by atoms with Gasteiger partial charge in [-0.2, -0.15) is 5.10 Å². The van der Waals surface area contributed by atoms with Crippen molar-refractivity contribution < 1.29 is 4.79 Å². The summed E-state index contributed by atoms with van der Waals surface area (Å²) in [6.07, 6.45) is 3.76. The fourth-order valence-electron chi connectivity index (χ4n) is 2.90. The molecule has 1 saturated carbocycles. The van der Waals surface area contributed by atoms with Gasteiger partial charge in [0.2, 0.25) is 0 Å². The number of anilines is 1. The van der Waals surface area contributed by atoms with Crippen molar-refractivity contribution >= 4 is 11.6 Å². The van der Waals surface area contributed by atoms with E-state index in [4.69, 9.17) is 5.73 Å². The van der Waals surface area contributed by atoms with Crippen molar-refractivity contribution in [3.8, 4) is 0 Å². The van der Waals surface area contributed by atoms with Crippen molar-refractivity contribution in [1.29, 1.82) is 0 Å². The molecule has 1 fully saturated rings. The summed E-state index contributed by atoms with van der Waals surface area (Å²) in [7, 11) is 0. The maximum atomic E-state index is 12.3. The molecule has 1 aliphatic carbocycles. The minimum absolute atomic E-state index is 0.0981. The second-order valence-corrected chi connectivity index (χ2v) is 5.54. The molecule has 19 heavy (non-hydrogen) atoms. The highest BCUT2D eigenvalue weighted by molar-refractivity contribution is 5.97. The quantitative estimate of drug-likeness (QED) is 0.873. The molecule has 1 heterocycles. The van der Waals surface area contributed by atoms with Crippen molar-refractivity contribution in [1.82, 2.24) is 15.1 Å². The largest absolute Gasteiger partial charge is 0.395 e. The summed E-state index contributed by atoms with van der Waals surface area (Å²) >= 11 is 0. The number of hydrogen-bond donors (Lipinski definition) is 2. The van der Waals surface area contributed by atoms with Gasteiger partial charge in [-0.15, -0.1) is 0 Å². The first kappa shape index (κ1) is 13.9. The Morgan fingerprint density at radius 2 is 2.26 bits per heavy atom. The molecule has 2 rings (SSSR count). The third-order valence-corrected chi connectivity index (χ3v) is 4.25. The lowest BCUT2D eigenvalue weighted by molar-refractivity contribution is 0.0935. The zero-order valence-corrected chi connectivity index (χ0v) is 12.1. The maximum absolute atomic E-state index is 12.3. The second kappa shape index (κ2) is 5.63. The Bertz CT molecular complexity index is 466. The van der Waals surface area contributed by atoms with E-state index in [1.807, 2.05) is 13.8 Å². The lowest BCUT2D eigenvalue weighted by Gasteiger charge is -2.16. The molecule has 106 valence electrons. The van der Waals surface area contributed by atoms with Gasteiger partial charge in [-0.1, -0.05) is 19.8 Å². The average Bonchev–Trinajstić information content (AvgIpc) is 2.91. The van der Waals surface area contributed by atoms with Crippen LogP contribution in [0.25, 0.3) is 0 Å². The number of aromatic nitrogens is 2. The first-order valence-corrected chi connectivity index (χ1v) is 7.15. The molecule has 0 bridgehead atoms. The fourth-order valence-corrected chi connectivity index (χ4v) is 2.90. The van der Waals surface area contributed by atoms with E-state index in [-0.39, 0.29) is 5.91 Å². The van der Waals surface area contributed by atoms with E-state index in [9.17, 15) is 4.79 Å². The van der Waals surface area contributed by atoms with Gasteiger partial charge in [0.1, 0.15) is 5.69 Å². The first-order chi connectivity index (χ1) is 9.04. The number of nitrogen functional groups attached to an aromatic ring is 1. The van der Waals surface area contributed by atoms with Gasteiger partial charge in [0.25, 0.3) is 5.91 Å². The van der Waals surface area contributed by atoms with Gasteiger partial charge in [-0.3, -0.25) is 9.48 Å². The standard InChI is InChI=1S/C14H24N4O/c1-4-18-13(12(15)10(3)17-18)14(19)16-8-11-7-5-6-9(11)2/h9,11H,4-8,15H2,1-3H3,(H,16,19). The zero-order chi connectivity index (χ0) is 14.0. The monoisotopic (exact) mass is 264 g/mol. The van der Waals surface area contributed by atoms with Gasteiger partial charge in [0, 0.05) is 13.1 Å². The molecule has 2 atom stereocenters. The molecule has 0 saturated heterocycles. The summed E-state index contributed by atoms with van der Waals surface area (Å²) in [5.41, 5.74) is 7.67. The molecule has 5 heteroatoms.